The lowest BCUT2D eigenvalue weighted by molar-refractivity contribution is -0.117. The normalized spacial score (nSPS) is 16.9. The van der Waals surface area contributed by atoms with Gasteiger partial charge in [-0.15, -0.1) is 0 Å². The Labute approximate surface area is 173 Å². The van der Waals surface area contributed by atoms with Crippen molar-refractivity contribution in [2.75, 3.05) is 4.90 Å². The number of rotatable bonds is 4. The lowest BCUT2D eigenvalue weighted by Crippen LogP contribution is -2.31. The molecule has 1 aliphatic heterocycles. The first-order valence-electron chi connectivity index (χ1n) is 9.19. The van der Waals surface area contributed by atoms with E-state index in [-0.39, 0.29) is 10.6 Å². The largest absolute Gasteiger partial charge is 0.502 e. The highest BCUT2D eigenvalue weighted by Gasteiger charge is 2.47. The molecule has 0 aliphatic carbocycles. The number of sulfone groups is 1. The van der Waals surface area contributed by atoms with Crippen molar-refractivity contribution in [2.45, 2.75) is 17.9 Å². The number of hydrogen-bond donors (Lipinski definition) is 1. The Hall–Kier alpha value is -3.45. The molecule has 0 radical (unpaired) electrons. The van der Waals surface area contributed by atoms with Gasteiger partial charge >= 0.3 is 0 Å². The number of amides is 1. The molecule has 1 atom stereocenters. The lowest BCUT2D eigenvalue weighted by Gasteiger charge is -2.27. The van der Waals surface area contributed by atoms with E-state index in [0.29, 0.717) is 5.56 Å². The predicted molar refractivity (Wildman–Crippen MR) is 111 cm³/mol. The van der Waals surface area contributed by atoms with Crippen molar-refractivity contribution in [2.24, 2.45) is 0 Å². The maximum atomic E-state index is 13.4. The fraction of sp³-hybridized carbons (Fsp3) is 0.0870. The van der Waals surface area contributed by atoms with Gasteiger partial charge in [0.15, 0.2) is 5.76 Å². The molecule has 0 fully saturated rings. The minimum Gasteiger partial charge on any atom is -0.502 e. The van der Waals surface area contributed by atoms with E-state index in [4.69, 9.17) is 0 Å². The van der Waals surface area contributed by atoms with Crippen LogP contribution in [-0.2, 0) is 14.6 Å². The van der Waals surface area contributed by atoms with Crippen LogP contribution < -0.4 is 4.90 Å². The van der Waals surface area contributed by atoms with E-state index in [2.05, 4.69) is 0 Å². The van der Waals surface area contributed by atoms with Crippen LogP contribution in [0.1, 0.15) is 17.2 Å². The van der Waals surface area contributed by atoms with Gasteiger partial charge in [-0.2, -0.15) is 0 Å². The Balaban J connectivity index is 1.94. The van der Waals surface area contributed by atoms with Crippen molar-refractivity contribution in [3.63, 3.8) is 0 Å². The van der Waals surface area contributed by atoms with Crippen LogP contribution in [0.25, 0.3) is 0 Å². The molecule has 0 spiro atoms. The van der Waals surface area contributed by atoms with E-state index in [1.807, 2.05) is 6.92 Å². The van der Waals surface area contributed by atoms with Gasteiger partial charge in [0, 0.05) is 5.69 Å². The first-order chi connectivity index (χ1) is 14.3. The standard InChI is InChI=1S/C23H18FNO4S/c1-15-7-9-16(10-8-15)20-22(30(28,29)19-5-3-2-4-6-19)21(26)23(27)25(20)18-13-11-17(24)12-14-18/h2-14,20,26H,1H3/t20-/m1/s1. The molecule has 4 rings (SSSR count). The third-order valence-electron chi connectivity index (χ3n) is 5.00. The fourth-order valence-corrected chi connectivity index (χ4v) is 5.15. The summed E-state index contributed by atoms with van der Waals surface area (Å²) in [6.45, 7) is 1.89. The summed E-state index contributed by atoms with van der Waals surface area (Å²) in [6.07, 6.45) is 0. The third kappa shape index (κ3) is 3.27. The van der Waals surface area contributed by atoms with Gasteiger partial charge in [-0.3, -0.25) is 9.69 Å². The first kappa shape index (κ1) is 19.8. The van der Waals surface area contributed by atoms with Crippen molar-refractivity contribution in [1.29, 1.82) is 0 Å². The van der Waals surface area contributed by atoms with Crippen LogP contribution in [0.5, 0.6) is 0 Å². The van der Waals surface area contributed by atoms with Crippen molar-refractivity contribution >= 4 is 21.4 Å². The predicted octanol–water partition coefficient (Wildman–Crippen LogP) is 4.47. The highest BCUT2D eigenvalue weighted by molar-refractivity contribution is 7.95. The number of halogens is 1. The Morgan fingerprint density at radius 3 is 2.10 bits per heavy atom. The molecule has 0 unspecified atom stereocenters. The third-order valence-corrected chi connectivity index (χ3v) is 6.89. The second-order valence-corrected chi connectivity index (χ2v) is 8.91. The van der Waals surface area contributed by atoms with Gasteiger partial charge in [0.25, 0.3) is 5.91 Å². The van der Waals surface area contributed by atoms with Crippen molar-refractivity contribution < 1.29 is 22.7 Å². The number of benzene rings is 3. The Bertz CT molecular complexity index is 1230. The van der Waals surface area contributed by atoms with Crippen LogP contribution in [-0.4, -0.2) is 19.4 Å². The number of aryl methyl sites for hydroxylation is 1. The monoisotopic (exact) mass is 423 g/mol. The second kappa shape index (κ2) is 7.42. The number of carbonyl (C=O) groups excluding carboxylic acids is 1. The number of aliphatic hydroxyl groups is 1. The minimum absolute atomic E-state index is 0.0302. The molecule has 3 aromatic rings. The summed E-state index contributed by atoms with van der Waals surface area (Å²) in [7, 11) is -4.18. The van der Waals surface area contributed by atoms with Crippen molar-refractivity contribution in [1.82, 2.24) is 0 Å². The van der Waals surface area contributed by atoms with Gasteiger partial charge in [-0.1, -0.05) is 48.0 Å². The van der Waals surface area contributed by atoms with E-state index < -0.39 is 38.3 Å². The zero-order valence-corrected chi connectivity index (χ0v) is 16.8. The smallest absolute Gasteiger partial charge is 0.295 e. The van der Waals surface area contributed by atoms with E-state index in [0.717, 1.165) is 5.56 Å². The van der Waals surface area contributed by atoms with Crippen molar-refractivity contribution in [3.05, 3.63) is 106 Å². The number of hydrogen-bond acceptors (Lipinski definition) is 4. The molecule has 0 bridgehead atoms. The maximum absolute atomic E-state index is 13.4. The molecular weight excluding hydrogens is 405 g/mol. The van der Waals surface area contributed by atoms with Gasteiger partial charge in [0.1, 0.15) is 16.8 Å². The SMILES string of the molecule is Cc1ccc([C@@H]2C(S(=O)(=O)c3ccccc3)=C(O)C(=O)N2c2ccc(F)cc2)cc1. The first-order valence-corrected chi connectivity index (χ1v) is 10.7. The average Bonchev–Trinajstić information content (AvgIpc) is 3.01. The summed E-state index contributed by atoms with van der Waals surface area (Å²) >= 11 is 0. The fourth-order valence-electron chi connectivity index (χ4n) is 3.50. The summed E-state index contributed by atoms with van der Waals surface area (Å²) in [5.41, 5.74) is 1.74. The maximum Gasteiger partial charge on any atom is 0.295 e. The van der Waals surface area contributed by atoms with Crippen LogP contribution in [0.2, 0.25) is 0 Å². The molecule has 1 heterocycles. The van der Waals surface area contributed by atoms with Crippen LogP contribution in [0, 0.1) is 12.7 Å². The second-order valence-electron chi connectivity index (χ2n) is 6.99. The zero-order chi connectivity index (χ0) is 21.5. The number of aliphatic hydroxyl groups excluding tert-OH is 1. The van der Waals surface area contributed by atoms with E-state index in [1.165, 1.54) is 41.3 Å². The molecule has 30 heavy (non-hydrogen) atoms. The van der Waals surface area contributed by atoms with Gasteiger partial charge < -0.3 is 5.11 Å². The van der Waals surface area contributed by atoms with E-state index >= 15 is 0 Å². The number of nitrogens with zero attached hydrogens (tertiary/aromatic N) is 1. The molecule has 0 saturated carbocycles. The zero-order valence-electron chi connectivity index (χ0n) is 16.0. The quantitative estimate of drug-likeness (QED) is 0.672. The molecule has 152 valence electrons. The summed E-state index contributed by atoms with van der Waals surface area (Å²) < 4.78 is 40.3. The molecule has 7 heteroatoms. The van der Waals surface area contributed by atoms with Gasteiger partial charge in [0.05, 0.1) is 4.90 Å². The van der Waals surface area contributed by atoms with Gasteiger partial charge in [0.2, 0.25) is 9.84 Å². The summed E-state index contributed by atoms with van der Waals surface area (Å²) in [4.78, 5) is 13.7. The van der Waals surface area contributed by atoms with Crippen LogP contribution in [0.4, 0.5) is 10.1 Å². The Morgan fingerprint density at radius 2 is 1.50 bits per heavy atom. The molecule has 0 aromatic heterocycles. The molecule has 3 aromatic carbocycles. The number of anilines is 1. The molecule has 5 nitrogen and oxygen atoms in total. The van der Waals surface area contributed by atoms with Crippen LogP contribution >= 0.6 is 0 Å². The highest BCUT2D eigenvalue weighted by atomic mass is 32.2. The molecule has 0 saturated heterocycles. The highest BCUT2D eigenvalue weighted by Crippen LogP contribution is 2.44. The summed E-state index contributed by atoms with van der Waals surface area (Å²) in [5.74, 6) is -2.19. The minimum atomic E-state index is -4.18. The number of carbonyl (C=O) groups is 1. The molecular formula is C23H18FNO4S. The lowest BCUT2D eigenvalue weighted by atomic mass is 10.0. The van der Waals surface area contributed by atoms with Gasteiger partial charge in [-0.05, 0) is 48.9 Å². The van der Waals surface area contributed by atoms with Crippen LogP contribution in [0.15, 0.2) is 94.4 Å². The van der Waals surface area contributed by atoms with Gasteiger partial charge in [-0.25, -0.2) is 12.8 Å². The topological polar surface area (TPSA) is 74.7 Å². The summed E-state index contributed by atoms with van der Waals surface area (Å²) in [6, 6.07) is 18.7. The molecule has 1 N–H and O–H groups in total. The molecule has 1 aliphatic rings. The van der Waals surface area contributed by atoms with Crippen LogP contribution in [0.3, 0.4) is 0 Å². The summed E-state index contributed by atoms with van der Waals surface area (Å²) in [5, 5.41) is 10.7. The van der Waals surface area contributed by atoms with E-state index in [9.17, 15) is 22.7 Å². The average molecular weight is 423 g/mol. The Morgan fingerprint density at radius 1 is 0.900 bits per heavy atom. The van der Waals surface area contributed by atoms with Crippen molar-refractivity contribution in [3.8, 4) is 0 Å². The van der Waals surface area contributed by atoms with E-state index in [1.54, 1.807) is 42.5 Å². The Kier molecular flexibility index (Phi) is 4.91. The molecule has 1 amide bonds.